The number of carbonyl (C=O) groups excluding carboxylic acids is 1. The Bertz CT molecular complexity index is 293. The van der Waals surface area contributed by atoms with Crippen LogP contribution in [-0.4, -0.2) is 50.6 Å². The van der Waals surface area contributed by atoms with E-state index in [-0.39, 0.29) is 42.2 Å². The predicted molar refractivity (Wildman–Crippen MR) is 94.6 cm³/mol. The average molecular weight is 342 g/mol. The summed E-state index contributed by atoms with van der Waals surface area (Å²) in [6, 6.07) is 0.198. The fraction of sp³-hybridized carbons (Fsp3) is 0.933. The summed E-state index contributed by atoms with van der Waals surface area (Å²) in [5, 5.41) is 6.51. The monoisotopic (exact) mass is 341 g/mol. The van der Waals surface area contributed by atoms with Crippen LogP contribution in [0.1, 0.15) is 40.0 Å². The molecule has 1 aliphatic heterocycles. The predicted octanol–water partition coefficient (Wildman–Crippen LogP) is 2.31. The van der Waals surface area contributed by atoms with Crippen LogP contribution in [0.4, 0.5) is 0 Å². The number of amides is 1. The molecule has 0 aliphatic carbocycles. The van der Waals surface area contributed by atoms with Crippen molar-refractivity contribution in [2.75, 3.05) is 33.7 Å². The third kappa shape index (κ3) is 8.87. The molecule has 0 aromatic carbocycles. The van der Waals surface area contributed by atoms with Crippen LogP contribution in [0.5, 0.6) is 0 Å². The van der Waals surface area contributed by atoms with Gasteiger partial charge in [-0.1, -0.05) is 13.8 Å². The quantitative estimate of drug-likeness (QED) is 0.746. The summed E-state index contributed by atoms with van der Waals surface area (Å²) >= 11 is 0. The average Bonchev–Trinajstić information content (AvgIpc) is 2.77. The summed E-state index contributed by atoms with van der Waals surface area (Å²) in [6.07, 6.45) is 2.89. The van der Waals surface area contributed by atoms with Crippen molar-refractivity contribution in [3.8, 4) is 0 Å². The smallest absolute Gasteiger partial charge is 0.220 e. The number of halogens is 2. The molecule has 1 saturated heterocycles. The van der Waals surface area contributed by atoms with E-state index in [4.69, 9.17) is 0 Å². The fourth-order valence-electron chi connectivity index (χ4n) is 2.76. The molecule has 1 heterocycles. The molecule has 1 amide bonds. The first kappa shape index (κ1) is 23.2. The van der Waals surface area contributed by atoms with Crippen molar-refractivity contribution in [3.63, 3.8) is 0 Å². The summed E-state index contributed by atoms with van der Waals surface area (Å²) in [5.74, 6) is 0.891. The molecule has 0 aromatic heterocycles. The molecule has 0 bridgehead atoms. The molecular weight excluding hydrogens is 309 g/mol. The number of hydrogen-bond acceptors (Lipinski definition) is 3. The summed E-state index contributed by atoms with van der Waals surface area (Å²) in [5.41, 5.74) is 0.0913. The number of nitrogens with one attached hydrogen (secondary N) is 2. The van der Waals surface area contributed by atoms with Gasteiger partial charge in [0.2, 0.25) is 5.91 Å². The maximum atomic E-state index is 12.0. The van der Waals surface area contributed by atoms with Crippen LogP contribution >= 0.6 is 24.8 Å². The standard InChI is InChI=1S/C15H31N3O.2ClH/c1-12(15(2,3)11-18(4)5)17-14(19)7-6-13-8-9-16-10-13;;/h12-13,16H,6-11H2,1-5H3,(H,17,19);2*1H. The Kier molecular flexibility index (Phi) is 11.8. The topological polar surface area (TPSA) is 44.4 Å². The normalized spacial score (nSPS) is 19.6. The summed E-state index contributed by atoms with van der Waals surface area (Å²) < 4.78 is 0. The SMILES string of the molecule is CC(NC(=O)CCC1CCNC1)C(C)(C)CN(C)C.Cl.Cl. The van der Waals surface area contributed by atoms with Gasteiger partial charge in [0, 0.05) is 19.0 Å². The summed E-state index contributed by atoms with van der Waals surface area (Å²) in [4.78, 5) is 14.2. The van der Waals surface area contributed by atoms with Crippen molar-refractivity contribution in [2.24, 2.45) is 11.3 Å². The Balaban J connectivity index is 0. The maximum Gasteiger partial charge on any atom is 0.220 e. The first-order chi connectivity index (χ1) is 8.81. The fourth-order valence-corrected chi connectivity index (χ4v) is 2.76. The molecule has 0 saturated carbocycles. The zero-order chi connectivity index (χ0) is 14.5. The molecular formula is C15H33Cl2N3O. The lowest BCUT2D eigenvalue weighted by molar-refractivity contribution is -0.122. The van der Waals surface area contributed by atoms with Crippen LogP contribution in [0.25, 0.3) is 0 Å². The van der Waals surface area contributed by atoms with Crippen molar-refractivity contribution in [1.29, 1.82) is 0 Å². The Hall–Kier alpha value is -0.0300. The third-order valence-electron chi connectivity index (χ3n) is 4.22. The van der Waals surface area contributed by atoms with E-state index in [9.17, 15) is 4.79 Å². The molecule has 1 aliphatic rings. The first-order valence-corrected chi connectivity index (χ1v) is 7.46. The van der Waals surface area contributed by atoms with Gasteiger partial charge in [-0.15, -0.1) is 24.8 Å². The Morgan fingerprint density at radius 1 is 1.38 bits per heavy atom. The Labute approximate surface area is 142 Å². The van der Waals surface area contributed by atoms with Crippen molar-refractivity contribution < 1.29 is 4.79 Å². The van der Waals surface area contributed by atoms with Crippen LogP contribution in [0.3, 0.4) is 0 Å². The van der Waals surface area contributed by atoms with E-state index in [0.717, 1.165) is 26.1 Å². The molecule has 0 radical (unpaired) electrons. The van der Waals surface area contributed by atoms with Gasteiger partial charge in [0.05, 0.1) is 0 Å². The lowest BCUT2D eigenvalue weighted by Crippen LogP contribution is -2.47. The molecule has 128 valence electrons. The van der Waals surface area contributed by atoms with Gasteiger partial charge in [0.1, 0.15) is 0 Å². The molecule has 21 heavy (non-hydrogen) atoms. The van der Waals surface area contributed by atoms with E-state index in [1.54, 1.807) is 0 Å². The van der Waals surface area contributed by atoms with Gasteiger partial charge in [0.25, 0.3) is 0 Å². The molecule has 0 spiro atoms. The minimum Gasteiger partial charge on any atom is -0.353 e. The largest absolute Gasteiger partial charge is 0.353 e. The highest BCUT2D eigenvalue weighted by Crippen LogP contribution is 2.21. The molecule has 2 unspecified atom stereocenters. The van der Waals surface area contributed by atoms with Crippen LogP contribution in [0, 0.1) is 11.3 Å². The molecule has 1 rings (SSSR count). The number of carbonyl (C=O) groups is 1. The van der Waals surface area contributed by atoms with E-state index in [1.807, 2.05) is 0 Å². The van der Waals surface area contributed by atoms with Crippen LogP contribution in [-0.2, 0) is 4.79 Å². The van der Waals surface area contributed by atoms with Crippen LogP contribution in [0.15, 0.2) is 0 Å². The summed E-state index contributed by atoms with van der Waals surface area (Å²) in [6.45, 7) is 9.69. The van der Waals surface area contributed by atoms with Crippen LogP contribution < -0.4 is 10.6 Å². The van der Waals surface area contributed by atoms with E-state index < -0.39 is 0 Å². The molecule has 4 nitrogen and oxygen atoms in total. The zero-order valence-corrected chi connectivity index (χ0v) is 15.7. The second-order valence-electron chi connectivity index (χ2n) is 6.91. The van der Waals surface area contributed by atoms with Gasteiger partial charge in [0.15, 0.2) is 0 Å². The Morgan fingerprint density at radius 3 is 2.48 bits per heavy atom. The molecule has 2 N–H and O–H groups in total. The van der Waals surface area contributed by atoms with Crippen molar-refractivity contribution in [3.05, 3.63) is 0 Å². The summed E-state index contributed by atoms with van der Waals surface area (Å²) in [7, 11) is 4.15. The number of nitrogens with zero attached hydrogens (tertiary/aromatic N) is 1. The lowest BCUT2D eigenvalue weighted by Gasteiger charge is -2.35. The van der Waals surface area contributed by atoms with Gasteiger partial charge >= 0.3 is 0 Å². The minimum atomic E-state index is 0. The van der Waals surface area contributed by atoms with Gasteiger partial charge < -0.3 is 15.5 Å². The number of rotatable bonds is 7. The zero-order valence-electron chi connectivity index (χ0n) is 14.1. The molecule has 1 fully saturated rings. The van der Waals surface area contributed by atoms with Gasteiger partial charge in [-0.05, 0) is 58.3 Å². The van der Waals surface area contributed by atoms with E-state index in [2.05, 4.69) is 50.4 Å². The molecule has 2 atom stereocenters. The molecule has 0 aromatic rings. The second-order valence-corrected chi connectivity index (χ2v) is 6.91. The van der Waals surface area contributed by atoms with Crippen molar-refractivity contribution >= 4 is 30.7 Å². The number of hydrogen-bond donors (Lipinski definition) is 2. The lowest BCUT2D eigenvalue weighted by atomic mass is 9.84. The minimum absolute atomic E-state index is 0. The van der Waals surface area contributed by atoms with Gasteiger partial charge in [-0.3, -0.25) is 4.79 Å². The second kappa shape index (κ2) is 10.7. The highest BCUT2D eigenvalue weighted by Gasteiger charge is 2.28. The third-order valence-corrected chi connectivity index (χ3v) is 4.22. The van der Waals surface area contributed by atoms with E-state index in [0.29, 0.717) is 12.3 Å². The Morgan fingerprint density at radius 2 is 2.00 bits per heavy atom. The van der Waals surface area contributed by atoms with Gasteiger partial charge in [-0.2, -0.15) is 0 Å². The van der Waals surface area contributed by atoms with Crippen molar-refractivity contribution in [2.45, 2.75) is 46.1 Å². The first-order valence-electron chi connectivity index (χ1n) is 7.46. The highest BCUT2D eigenvalue weighted by atomic mass is 35.5. The van der Waals surface area contributed by atoms with Gasteiger partial charge in [-0.25, -0.2) is 0 Å². The van der Waals surface area contributed by atoms with Crippen LogP contribution in [0.2, 0.25) is 0 Å². The van der Waals surface area contributed by atoms with Crippen molar-refractivity contribution in [1.82, 2.24) is 15.5 Å². The molecule has 6 heteroatoms. The highest BCUT2D eigenvalue weighted by molar-refractivity contribution is 5.85. The van der Waals surface area contributed by atoms with E-state index >= 15 is 0 Å². The van der Waals surface area contributed by atoms with E-state index in [1.165, 1.54) is 6.42 Å². The maximum absolute atomic E-state index is 12.0.